The Morgan fingerprint density at radius 3 is 2.20 bits per heavy atom. The van der Waals surface area contributed by atoms with E-state index in [0.29, 0.717) is 28.9 Å². The van der Waals surface area contributed by atoms with Gasteiger partial charge in [0.1, 0.15) is 48.7 Å². The molecule has 2 fully saturated rings. The molecule has 4 aromatic heterocycles. The van der Waals surface area contributed by atoms with E-state index in [1.165, 1.54) is 28.1 Å². The minimum absolute atomic E-state index is 0.160. The Hall–Kier alpha value is -5.33. The van der Waals surface area contributed by atoms with Gasteiger partial charge in [0.25, 0.3) is 5.91 Å². The van der Waals surface area contributed by atoms with Crippen LogP contribution in [0.15, 0.2) is 49.3 Å². The molecule has 6 heterocycles. The molecule has 7 rings (SSSR count). The summed E-state index contributed by atoms with van der Waals surface area (Å²) in [5, 5.41) is 52.6. The summed E-state index contributed by atoms with van der Waals surface area (Å²) in [6.07, 6.45) is -5.45. The number of benzene rings is 1. The molecular formula is C30H33N11O8. The average molecular weight is 676 g/mol. The van der Waals surface area contributed by atoms with E-state index in [4.69, 9.17) is 20.9 Å². The standard InChI is InChI=1S/C18H17N5O4.C12H16N6O4/c19-16-13-17(21-9-20-16)23(18-15(26)14(25)11(8-24)27-18)12(22-13)7-6-10-4-2-1-3-5-10;1-2-14-11(21)8-6(19)7(20)12(22-8)18-4-17-5-9(13)15-3-16-10(5)18/h1-5,9,11,14-15,18,24-26H,8H2,(H2,19,20,21);3-4,6-8,12,19-20H,2H2,1H3,(H,14,21)(H2,13,15,16)/t11-,14-,15-,18-;6-,7+,8-,12+/m10/s1. The SMILES string of the molecule is CCNC(=O)[C@H]1O[C@@H](n2cnc3c(N)ncnc32)[C@H](O)[C@@H]1O.Nc1ncnc2c1nc(C#Cc1ccccc1)n2[C@@H]1O[C@H](CO)[C@@H](O)[C@H]1O. The molecule has 2 aliphatic heterocycles. The number of anilines is 2. The van der Waals surface area contributed by atoms with Crippen molar-refractivity contribution >= 4 is 39.9 Å². The number of aromatic nitrogens is 8. The molecule has 19 heteroatoms. The van der Waals surface area contributed by atoms with Crippen molar-refractivity contribution in [3.63, 3.8) is 0 Å². The Labute approximate surface area is 277 Å². The van der Waals surface area contributed by atoms with E-state index in [0.717, 1.165) is 5.56 Å². The van der Waals surface area contributed by atoms with Gasteiger partial charge in [-0.05, 0) is 25.0 Å². The van der Waals surface area contributed by atoms with Crippen molar-refractivity contribution in [1.29, 1.82) is 0 Å². The number of nitrogens with one attached hydrogen (secondary N) is 1. The first-order valence-corrected chi connectivity index (χ1v) is 15.0. The molecule has 49 heavy (non-hydrogen) atoms. The van der Waals surface area contributed by atoms with Crippen LogP contribution in [-0.2, 0) is 14.3 Å². The zero-order chi connectivity index (χ0) is 34.8. The second-order valence-corrected chi connectivity index (χ2v) is 11.0. The van der Waals surface area contributed by atoms with Crippen LogP contribution >= 0.6 is 0 Å². The monoisotopic (exact) mass is 675 g/mol. The number of nitrogens with zero attached hydrogens (tertiary/aromatic N) is 8. The molecule has 0 saturated carbocycles. The van der Waals surface area contributed by atoms with Crippen molar-refractivity contribution in [3.8, 4) is 11.8 Å². The van der Waals surface area contributed by atoms with Gasteiger partial charge in [0.2, 0.25) is 0 Å². The maximum atomic E-state index is 11.9. The minimum atomic E-state index is -1.35. The third-order valence-electron chi connectivity index (χ3n) is 7.88. The predicted octanol–water partition coefficient (Wildman–Crippen LogP) is -2.42. The number of carbonyl (C=O) groups is 1. The molecule has 8 atom stereocenters. The number of amides is 1. The van der Waals surface area contributed by atoms with Gasteiger partial charge in [0.05, 0.1) is 12.9 Å². The Balaban J connectivity index is 0.000000174. The fourth-order valence-electron chi connectivity index (χ4n) is 5.44. The number of fused-ring (bicyclic) bond motifs is 2. The molecule has 2 saturated heterocycles. The van der Waals surface area contributed by atoms with Crippen molar-refractivity contribution in [3.05, 3.63) is 60.7 Å². The highest BCUT2D eigenvalue weighted by Gasteiger charge is 2.48. The topological polar surface area (TPSA) is 288 Å². The normalized spacial score (nSPS) is 26.2. The number of imidazole rings is 2. The third-order valence-corrected chi connectivity index (χ3v) is 7.88. The van der Waals surface area contributed by atoms with Gasteiger partial charge in [-0.2, -0.15) is 0 Å². The second kappa shape index (κ2) is 14.0. The molecule has 0 bridgehead atoms. The number of rotatable bonds is 5. The van der Waals surface area contributed by atoms with E-state index in [9.17, 15) is 30.3 Å². The molecule has 5 aromatic rings. The van der Waals surface area contributed by atoms with Gasteiger partial charge in [-0.25, -0.2) is 29.9 Å². The highest BCUT2D eigenvalue weighted by Crippen LogP contribution is 2.34. The van der Waals surface area contributed by atoms with E-state index in [-0.39, 0.29) is 17.5 Å². The number of hydrogen-bond donors (Lipinski definition) is 8. The molecule has 10 N–H and O–H groups in total. The lowest BCUT2D eigenvalue weighted by atomic mass is 10.1. The van der Waals surface area contributed by atoms with E-state index in [1.807, 2.05) is 30.3 Å². The Bertz CT molecular complexity index is 2010. The fourth-order valence-corrected chi connectivity index (χ4v) is 5.44. The quantitative estimate of drug-likeness (QED) is 0.0900. The number of hydrogen-bond acceptors (Lipinski definition) is 16. The van der Waals surface area contributed by atoms with Crippen molar-refractivity contribution in [2.75, 3.05) is 24.6 Å². The largest absolute Gasteiger partial charge is 0.394 e. The lowest BCUT2D eigenvalue weighted by Gasteiger charge is -2.17. The maximum absolute atomic E-state index is 11.9. The van der Waals surface area contributed by atoms with Gasteiger partial charge in [0.15, 0.2) is 52.8 Å². The first-order valence-electron chi connectivity index (χ1n) is 15.0. The lowest BCUT2D eigenvalue weighted by Crippen LogP contribution is -2.42. The smallest absolute Gasteiger partial charge is 0.252 e. The molecule has 1 amide bonds. The van der Waals surface area contributed by atoms with E-state index < -0.39 is 61.6 Å². The maximum Gasteiger partial charge on any atom is 0.252 e. The third kappa shape index (κ3) is 6.32. The molecule has 19 nitrogen and oxygen atoms in total. The number of aliphatic hydroxyl groups excluding tert-OH is 5. The van der Waals surface area contributed by atoms with Gasteiger partial charge in [-0.15, -0.1) is 0 Å². The highest BCUT2D eigenvalue weighted by atomic mass is 16.6. The number of aliphatic hydroxyl groups is 5. The van der Waals surface area contributed by atoms with Gasteiger partial charge in [0, 0.05) is 12.1 Å². The number of ether oxygens (including phenoxy) is 2. The molecule has 0 aliphatic carbocycles. The van der Waals surface area contributed by atoms with E-state index in [1.54, 1.807) is 6.92 Å². The van der Waals surface area contributed by atoms with Crippen molar-refractivity contribution in [1.82, 2.24) is 44.4 Å². The Kier molecular flexibility index (Phi) is 9.61. The first-order chi connectivity index (χ1) is 23.6. The van der Waals surface area contributed by atoms with Gasteiger partial charge >= 0.3 is 0 Å². The summed E-state index contributed by atoms with van der Waals surface area (Å²) < 4.78 is 14.0. The van der Waals surface area contributed by atoms with E-state index in [2.05, 4.69) is 47.1 Å². The molecule has 0 unspecified atom stereocenters. The summed E-state index contributed by atoms with van der Waals surface area (Å²) >= 11 is 0. The summed E-state index contributed by atoms with van der Waals surface area (Å²) in [5.41, 5.74) is 13.7. The zero-order valence-electron chi connectivity index (χ0n) is 25.8. The Morgan fingerprint density at radius 1 is 0.857 bits per heavy atom. The summed E-state index contributed by atoms with van der Waals surface area (Å²) in [7, 11) is 0. The molecular weight excluding hydrogens is 642 g/mol. The number of carbonyl (C=O) groups excluding carboxylic acids is 1. The van der Waals surface area contributed by atoms with Crippen LogP contribution in [0.5, 0.6) is 0 Å². The van der Waals surface area contributed by atoms with Gasteiger partial charge in [-0.1, -0.05) is 24.1 Å². The van der Waals surface area contributed by atoms with Crippen LogP contribution < -0.4 is 16.8 Å². The molecule has 0 radical (unpaired) electrons. The van der Waals surface area contributed by atoms with Gasteiger partial charge < -0.3 is 51.8 Å². The summed E-state index contributed by atoms with van der Waals surface area (Å²) in [4.78, 5) is 36.3. The average Bonchev–Trinajstić information content (AvgIpc) is 3.85. The van der Waals surface area contributed by atoms with Crippen molar-refractivity contribution < 1.29 is 39.8 Å². The number of nitrogen functional groups attached to an aromatic ring is 2. The van der Waals surface area contributed by atoms with E-state index >= 15 is 0 Å². The van der Waals surface area contributed by atoms with Crippen LogP contribution in [0, 0.1) is 11.8 Å². The summed E-state index contributed by atoms with van der Waals surface area (Å²) in [5.74, 6) is 6.03. The van der Waals surface area contributed by atoms with Crippen molar-refractivity contribution in [2.45, 2.75) is 56.0 Å². The Morgan fingerprint density at radius 2 is 1.53 bits per heavy atom. The van der Waals surface area contributed by atoms with Gasteiger partial charge in [-0.3, -0.25) is 13.9 Å². The van der Waals surface area contributed by atoms with Crippen LogP contribution in [0.3, 0.4) is 0 Å². The second-order valence-electron chi connectivity index (χ2n) is 11.0. The number of nitrogens with two attached hydrogens (primary N) is 2. The lowest BCUT2D eigenvalue weighted by molar-refractivity contribution is -0.137. The van der Waals surface area contributed by atoms with Crippen LogP contribution in [0.25, 0.3) is 22.3 Å². The molecule has 2 aliphatic rings. The summed E-state index contributed by atoms with van der Waals surface area (Å²) in [6, 6.07) is 9.31. The molecule has 0 spiro atoms. The molecule has 256 valence electrons. The highest BCUT2D eigenvalue weighted by molar-refractivity contribution is 5.83. The minimum Gasteiger partial charge on any atom is -0.394 e. The summed E-state index contributed by atoms with van der Waals surface area (Å²) in [6.45, 7) is 1.70. The number of likely N-dealkylation sites (N-methyl/N-ethyl adjacent to an activating group) is 1. The van der Waals surface area contributed by atoms with Crippen LogP contribution in [0.4, 0.5) is 11.6 Å². The van der Waals surface area contributed by atoms with Crippen molar-refractivity contribution in [2.24, 2.45) is 0 Å². The predicted molar refractivity (Wildman–Crippen MR) is 170 cm³/mol. The zero-order valence-corrected chi connectivity index (χ0v) is 25.8. The fraction of sp³-hybridized carbons (Fsp3) is 0.367. The molecule has 1 aromatic carbocycles. The van der Waals surface area contributed by atoms with Crippen LogP contribution in [0.1, 0.15) is 30.8 Å². The van der Waals surface area contributed by atoms with Crippen LogP contribution in [0.2, 0.25) is 0 Å². The first kappa shape index (κ1) is 33.6. The van der Waals surface area contributed by atoms with Crippen LogP contribution in [-0.4, -0.2) is 120 Å².